The molecule has 0 atom stereocenters. The minimum absolute atomic E-state index is 0.152. The molecular formula is C11H12F2N2O4. The number of amides is 1. The van der Waals surface area contributed by atoms with Crippen LogP contribution < -0.4 is 0 Å². The Labute approximate surface area is 107 Å². The number of rotatable bonds is 5. The van der Waals surface area contributed by atoms with E-state index in [-0.39, 0.29) is 13.2 Å². The Morgan fingerprint density at radius 2 is 2.11 bits per heavy atom. The predicted octanol–water partition coefficient (Wildman–Crippen LogP) is 1.59. The lowest BCUT2D eigenvalue weighted by Gasteiger charge is -2.16. The van der Waals surface area contributed by atoms with Gasteiger partial charge < -0.3 is 9.64 Å². The average Bonchev–Trinajstić information content (AvgIpc) is 2.37. The molecule has 0 heterocycles. The summed E-state index contributed by atoms with van der Waals surface area (Å²) in [5.74, 6) is -3.24. The van der Waals surface area contributed by atoms with E-state index in [0.717, 1.165) is 4.90 Å². The van der Waals surface area contributed by atoms with Crippen LogP contribution in [0.3, 0.4) is 0 Å². The van der Waals surface area contributed by atoms with E-state index in [1.807, 2.05) is 0 Å². The van der Waals surface area contributed by atoms with Gasteiger partial charge in [-0.05, 0) is 6.07 Å². The molecule has 0 spiro atoms. The van der Waals surface area contributed by atoms with Gasteiger partial charge in [0.2, 0.25) is 5.82 Å². The van der Waals surface area contributed by atoms with Gasteiger partial charge in [0.25, 0.3) is 5.91 Å². The Morgan fingerprint density at radius 1 is 1.47 bits per heavy atom. The van der Waals surface area contributed by atoms with Crippen LogP contribution in [-0.2, 0) is 4.74 Å². The van der Waals surface area contributed by atoms with E-state index in [1.165, 1.54) is 14.2 Å². The second-order valence-electron chi connectivity index (χ2n) is 3.76. The molecule has 1 aromatic carbocycles. The van der Waals surface area contributed by atoms with E-state index in [0.29, 0.717) is 12.1 Å². The number of hydrogen-bond acceptors (Lipinski definition) is 4. The second kappa shape index (κ2) is 6.19. The molecule has 0 radical (unpaired) electrons. The maximum Gasteiger partial charge on any atom is 0.308 e. The second-order valence-corrected chi connectivity index (χ2v) is 3.76. The Bertz CT molecular complexity index is 508. The lowest BCUT2D eigenvalue weighted by molar-refractivity contribution is -0.387. The third kappa shape index (κ3) is 3.44. The maximum absolute atomic E-state index is 13.7. The first-order valence-electron chi connectivity index (χ1n) is 5.26. The molecule has 1 rings (SSSR count). The molecule has 0 N–H and O–H groups in total. The van der Waals surface area contributed by atoms with Crippen molar-refractivity contribution in [3.63, 3.8) is 0 Å². The highest BCUT2D eigenvalue weighted by molar-refractivity contribution is 5.95. The van der Waals surface area contributed by atoms with Gasteiger partial charge in [-0.2, -0.15) is 4.39 Å². The monoisotopic (exact) mass is 274 g/mol. The van der Waals surface area contributed by atoms with Crippen molar-refractivity contribution < 1.29 is 23.2 Å². The van der Waals surface area contributed by atoms with Crippen LogP contribution in [0.4, 0.5) is 14.5 Å². The number of nitro groups is 1. The predicted molar refractivity (Wildman–Crippen MR) is 61.8 cm³/mol. The number of nitro benzene ring substituents is 1. The lowest BCUT2D eigenvalue weighted by Crippen LogP contribution is -2.30. The molecule has 0 bridgehead atoms. The molecule has 6 nitrogen and oxygen atoms in total. The fraction of sp³-hybridized carbons (Fsp3) is 0.364. The van der Waals surface area contributed by atoms with Crippen molar-refractivity contribution in [1.82, 2.24) is 4.90 Å². The molecule has 0 saturated heterocycles. The van der Waals surface area contributed by atoms with Crippen LogP contribution in [-0.4, -0.2) is 43.0 Å². The van der Waals surface area contributed by atoms with Gasteiger partial charge in [-0.3, -0.25) is 14.9 Å². The maximum atomic E-state index is 13.7. The smallest absolute Gasteiger partial charge is 0.308 e. The summed E-state index contributed by atoms with van der Waals surface area (Å²) in [6.07, 6.45) is 0. The third-order valence-corrected chi connectivity index (χ3v) is 2.42. The first-order chi connectivity index (χ1) is 8.88. The van der Waals surface area contributed by atoms with E-state index < -0.39 is 33.7 Å². The lowest BCUT2D eigenvalue weighted by atomic mass is 10.1. The van der Waals surface area contributed by atoms with Crippen molar-refractivity contribution in [1.29, 1.82) is 0 Å². The van der Waals surface area contributed by atoms with E-state index in [2.05, 4.69) is 0 Å². The van der Waals surface area contributed by atoms with Gasteiger partial charge in [0.15, 0.2) is 0 Å². The molecule has 0 aliphatic carbocycles. The van der Waals surface area contributed by atoms with Gasteiger partial charge in [-0.1, -0.05) is 0 Å². The van der Waals surface area contributed by atoms with Crippen molar-refractivity contribution in [3.05, 3.63) is 39.4 Å². The van der Waals surface area contributed by atoms with Crippen LogP contribution in [0.25, 0.3) is 0 Å². The van der Waals surface area contributed by atoms with Crippen molar-refractivity contribution >= 4 is 11.6 Å². The zero-order chi connectivity index (χ0) is 14.6. The van der Waals surface area contributed by atoms with Crippen molar-refractivity contribution in [2.75, 3.05) is 27.3 Å². The van der Waals surface area contributed by atoms with Crippen LogP contribution in [0.1, 0.15) is 10.4 Å². The zero-order valence-corrected chi connectivity index (χ0v) is 10.4. The molecule has 8 heteroatoms. The normalized spacial score (nSPS) is 10.3. The molecular weight excluding hydrogens is 262 g/mol. The molecule has 1 aromatic rings. The first kappa shape index (κ1) is 15.0. The Hall–Kier alpha value is -2.09. The van der Waals surface area contributed by atoms with E-state index >= 15 is 0 Å². The number of ether oxygens (including phenoxy) is 1. The molecule has 0 aliphatic rings. The highest BCUT2D eigenvalue weighted by Crippen LogP contribution is 2.23. The molecule has 0 aliphatic heterocycles. The first-order valence-corrected chi connectivity index (χ1v) is 5.26. The number of carbonyl (C=O) groups excluding carboxylic acids is 1. The van der Waals surface area contributed by atoms with E-state index in [4.69, 9.17) is 4.74 Å². The average molecular weight is 274 g/mol. The summed E-state index contributed by atoms with van der Waals surface area (Å²) < 4.78 is 31.7. The number of carbonyl (C=O) groups is 1. The number of halogens is 2. The SMILES string of the molecule is COCCN(C)C(=O)c1cc(F)cc([N+](=O)[O-])c1F. The number of benzene rings is 1. The highest BCUT2D eigenvalue weighted by Gasteiger charge is 2.25. The van der Waals surface area contributed by atoms with E-state index in [1.54, 1.807) is 0 Å². The highest BCUT2D eigenvalue weighted by atomic mass is 19.1. The van der Waals surface area contributed by atoms with Gasteiger partial charge in [0.05, 0.1) is 23.2 Å². The summed E-state index contributed by atoms with van der Waals surface area (Å²) in [6.45, 7) is 0.361. The van der Waals surface area contributed by atoms with Gasteiger partial charge in [-0.15, -0.1) is 0 Å². The third-order valence-electron chi connectivity index (χ3n) is 2.42. The summed E-state index contributed by atoms with van der Waals surface area (Å²) in [7, 11) is 2.78. The standard InChI is InChI=1S/C11H12F2N2O4/c1-14(3-4-19-2)11(16)8-5-7(12)6-9(10(8)13)15(17)18/h5-6H,3-4H2,1-2H3. The topological polar surface area (TPSA) is 72.7 Å². The summed E-state index contributed by atoms with van der Waals surface area (Å²) in [5, 5.41) is 10.5. The number of methoxy groups -OCH3 is 1. The van der Waals surface area contributed by atoms with Gasteiger partial charge in [0, 0.05) is 20.7 Å². The summed E-state index contributed by atoms with van der Waals surface area (Å²) in [4.78, 5) is 22.4. The van der Waals surface area contributed by atoms with Crippen LogP contribution in [0.2, 0.25) is 0 Å². The minimum atomic E-state index is -1.35. The Balaban J connectivity index is 3.13. The van der Waals surface area contributed by atoms with Gasteiger partial charge in [-0.25, -0.2) is 4.39 Å². The Kier molecular flexibility index (Phi) is 4.87. The van der Waals surface area contributed by atoms with Crippen LogP contribution in [0.15, 0.2) is 12.1 Å². The molecule has 0 aromatic heterocycles. The summed E-state index contributed by atoms with van der Waals surface area (Å²) in [5.41, 5.74) is -1.74. The number of hydrogen-bond donors (Lipinski definition) is 0. The van der Waals surface area contributed by atoms with Crippen LogP contribution in [0.5, 0.6) is 0 Å². The van der Waals surface area contributed by atoms with Gasteiger partial charge >= 0.3 is 5.69 Å². The van der Waals surface area contributed by atoms with E-state index in [9.17, 15) is 23.7 Å². The largest absolute Gasteiger partial charge is 0.383 e. The van der Waals surface area contributed by atoms with Gasteiger partial charge in [0.1, 0.15) is 5.82 Å². The fourth-order valence-corrected chi connectivity index (χ4v) is 1.40. The molecule has 19 heavy (non-hydrogen) atoms. The summed E-state index contributed by atoms with van der Waals surface area (Å²) >= 11 is 0. The van der Waals surface area contributed by atoms with Crippen LogP contribution in [0, 0.1) is 21.7 Å². The van der Waals surface area contributed by atoms with Crippen molar-refractivity contribution in [2.24, 2.45) is 0 Å². The number of likely N-dealkylation sites (N-methyl/N-ethyl adjacent to an activating group) is 1. The fourth-order valence-electron chi connectivity index (χ4n) is 1.40. The number of nitrogens with zero attached hydrogens (tertiary/aromatic N) is 2. The molecule has 0 saturated carbocycles. The quantitative estimate of drug-likeness (QED) is 0.603. The van der Waals surface area contributed by atoms with Crippen LogP contribution >= 0.6 is 0 Å². The molecule has 1 amide bonds. The summed E-state index contributed by atoms with van der Waals surface area (Å²) in [6, 6.07) is 1.06. The molecule has 0 fully saturated rings. The Morgan fingerprint density at radius 3 is 2.63 bits per heavy atom. The molecule has 0 unspecified atom stereocenters. The minimum Gasteiger partial charge on any atom is -0.383 e. The molecule has 104 valence electrons. The zero-order valence-electron chi connectivity index (χ0n) is 10.4. The van der Waals surface area contributed by atoms with Crippen molar-refractivity contribution in [3.8, 4) is 0 Å². The van der Waals surface area contributed by atoms with Crippen molar-refractivity contribution in [2.45, 2.75) is 0 Å².